The van der Waals surface area contributed by atoms with Gasteiger partial charge in [-0.25, -0.2) is 4.79 Å². The monoisotopic (exact) mass is 340 g/mol. The maximum Gasteiger partial charge on any atom is 0.337 e. The second-order valence-corrected chi connectivity index (χ2v) is 5.42. The molecule has 3 N–H and O–H groups in total. The molecule has 0 radical (unpaired) electrons. The molecule has 25 heavy (non-hydrogen) atoms. The number of phenolic OH excluding ortho intramolecular Hbond substituents is 1. The highest BCUT2D eigenvalue weighted by molar-refractivity contribution is 6.22. The molecule has 0 atom stereocenters. The molecule has 126 valence electrons. The van der Waals surface area contributed by atoms with Crippen molar-refractivity contribution in [3.8, 4) is 5.75 Å². The molecule has 0 saturated carbocycles. The molecule has 8 nitrogen and oxygen atoms in total. The molecule has 0 spiro atoms. The van der Waals surface area contributed by atoms with Gasteiger partial charge in [-0.3, -0.25) is 19.3 Å². The largest absolute Gasteiger partial charge is 0.508 e. The number of anilines is 1. The summed E-state index contributed by atoms with van der Waals surface area (Å²) in [5.74, 6) is -3.17. The quantitative estimate of drug-likeness (QED) is 0.575. The van der Waals surface area contributed by atoms with E-state index in [4.69, 9.17) is 5.11 Å². The Kier molecular flexibility index (Phi) is 3.72. The van der Waals surface area contributed by atoms with E-state index in [0.717, 1.165) is 11.0 Å². The van der Waals surface area contributed by atoms with Gasteiger partial charge < -0.3 is 15.5 Å². The second kappa shape index (κ2) is 5.75. The van der Waals surface area contributed by atoms with E-state index in [2.05, 4.69) is 5.32 Å². The van der Waals surface area contributed by atoms with Gasteiger partial charge in [0.2, 0.25) is 0 Å². The highest BCUT2D eigenvalue weighted by Gasteiger charge is 2.33. The molecule has 3 rings (SSSR count). The molecule has 1 heterocycles. The number of carboxylic acid groups (broad SMARTS) is 1. The first kappa shape index (κ1) is 16.2. The van der Waals surface area contributed by atoms with E-state index in [0.29, 0.717) is 0 Å². The molecule has 1 aliphatic rings. The molecule has 1 aliphatic heterocycles. The molecule has 0 aliphatic carbocycles. The number of fused-ring (bicyclic) bond motifs is 1. The van der Waals surface area contributed by atoms with Crippen LogP contribution in [-0.2, 0) is 0 Å². The number of amides is 3. The lowest BCUT2D eigenvalue weighted by Crippen LogP contribution is -2.24. The van der Waals surface area contributed by atoms with Crippen LogP contribution in [0.3, 0.4) is 0 Å². The lowest BCUT2D eigenvalue weighted by atomic mass is 10.0. The molecular weight excluding hydrogens is 328 g/mol. The van der Waals surface area contributed by atoms with Gasteiger partial charge >= 0.3 is 5.97 Å². The Balaban J connectivity index is 1.93. The van der Waals surface area contributed by atoms with Gasteiger partial charge in [-0.1, -0.05) is 0 Å². The van der Waals surface area contributed by atoms with Crippen LogP contribution in [0.4, 0.5) is 5.69 Å². The maximum absolute atomic E-state index is 12.4. The van der Waals surface area contributed by atoms with Gasteiger partial charge in [-0.05, 0) is 36.4 Å². The van der Waals surface area contributed by atoms with Crippen LogP contribution in [0.25, 0.3) is 0 Å². The number of benzene rings is 2. The lowest BCUT2D eigenvalue weighted by molar-refractivity contribution is 0.0682. The van der Waals surface area contributed by atoms with E-state index in [1.165, 1.54) is 37.4 Å². The van der Waals surface area contributed by atoms with Crippen molar-refractivity contribution >= 4 is 29.4 Å². The minimum atomic E-state index is -1.32. The predicted octanol–water partition coefficient (Wildman–Crippen LogP) is 1.57. The number of aromatic hydroxyl groups is 1. The van der Waals surface area contributed by atoms with Crippen molar-refractivity contribution in [1.29, 1.82) is 0 Å². The summed E-state index contributed by atoms with van der Waals surface area (Å²) in [6.45, 7) is 0. The summed E-state index contributed by atoms with van der Waals surface area (Å²) in [7, 11) is 1.35. The Morgan fingerprint density at radius 1 is 1.00 bits per heavy atom. The van der Waals surface area contributed by atoms with E-state index in [1.54, 1.807) is 0 Å². The highest BCUT2D eigenvalue weighted by Crippen LogP contribution is 2.25. The Labute approximate surface area is 141 Å². The molecule has 0 unspecified atom stereocenters. The fourth-order valence-corrected chi connectivity index (χ4v) is 2.52. The van der Waals surface area contributed by atoms with Crippen LogP contribution in [0, 0.1) is 0 Å². The van der Waals surface area contributed by atoms with E-state index in [-0.39, 0.29) is 33.7 Å². The molecule has 3 amide bonds. The number of carbonyl (C=O) groups is 4. The van der Waals surface area contributed by atoms with Crippen LogP contribution in [0.1, 0.15) is 41.4 Å². The normalized spacial score (nSPS) is 12.9. The summed E-state index contributed by atoms with van der Waals surface area (Å²) < 4.78 is 0. The van der Waals surface area contributed by atoms with Gasteiger partial charge in [0.1, 0.15) is 5.75 Å². The van der Waals surface area contributed by atoms with Crippen LogP contribution in [0.15, 0.2) is 36.4 Å². The van der Waals surface area contributed by atoms with Crippen LogP contribution in [0.5, 0.6) is 5.75 Å². The van der Waals surface area contributed by atoms with Crippen molar-refractivity contribution in [2.45, 2.75) is 0 Å². The third-order valence-corrected chi connectivity index (χ3v) is 3.83. The minimum Gasteiger partial charge on any atom is -0.508 e. The summed E-state index contributed by atoms with van der Waals surface area (Å²) in [5.41, 5.74) is 0.139. The average Bonchev–Trinajstić information content (AvgIpc) is 2.80. The molecule has 0 aromatic heterocycles. The van der Waals surface area contributed by atoms with Crippen molar-refractivity contribution < 1.29 is 29.4 Å². The van der Waals surface area contributed by atoms with Crippen molar-refractivity contribution in [2.75, 3.05) is 12.4 Å². The fraction of sp³-hybridized carbons (Fsp3) is 0.0588. The van der Waals surface area contributed by atoms with Gasteiger partial charge in [-0.2, -0.15) is 0 Å². The third kappa shape index (κ3) is 2.69. The van der Waals surface area contributed by atoms with Crippen molar-refractivity contribution in [3.05, 3.63) is 58.7 Å². The zero-order valence-electron chi connectivity index (χ0n) is 12.9. The third-order valence-electron chi connectivity index (χ3n) is 3.83. The summed E-state index contributed by atoms with van der Waals surface area (Å²) >= 11 is 0. The van der Waals surface area contributed by atoms with E-state index in [1.807, 2.05) is 0 Å². The minimum absolute atomic E-state index is 0.00433. The SMILES string of the molecule is CN1C(=O)c2ccc(C(=O)Nc3ccc(O)cc3C(=O)O)cc2C1=O. The summed E-state index contributed by atoms with van der Waals surface area (Å²) in [6.07, 6.45) is 0. The van der Waals surface area contributed by atoms with Crippen molar-refractivity contribution in [3.63, 3.8) is 0 Å². The standard InChI is InChI=1S/C17H12N2O6/c1-19-15(22)10-4-2-8(6-11(10)16(19)23)14(21)18-13-5-3-9(20)7-12(13)17(24)25/h2-7,20H,1H3,(H,18,21)(H,24,25). The fourth-order valence-electron chi connectivity index (χ4n) is 2.52. The number of rotatable bonds is 3. The van der Waals surface area contributed by atoms with Gasteiger partial charge in [-0.15, -0.1) is 0 Å². The topological polar surface area (TPSA) is 124 Å². The second-order valence-electron chi connectivity index (χ2n) is 5.42. The Morgan fingerprint density at radius 3 is 2.36 bits per heavy atom. The van der Waals surface area contributed by atoms with Crippen LogP contribution in [0.2, 0.25) is 0 Å². The number of phenols is 1. The first-order chi connectivity index (χ1) is 11.8. The van der Waals surface area contributed by atoms with Gasteiger partial charge in [0.05, 0.1) is 22.4 Å². The molecule has 2 aromatic rings. The average molecular weight is 340 g/mol. The number of nitrogens with zero attached hydrogens (tertiary/aromatic N) is 1. The zero-order chi connectivity index (χ0) is 18.3. The predicted molar refractivity (Wildman–Crippen MR) is 85.9 cm³/mol. The first-order valence-corrected chi connectivity index (χ1v) is 7.13. The molecule has 0 bridgehead atoms. The zero-order valence-corrected chi connectivity index (χ0v) is 12.9. The summed E-state index contributed by atoms with van der Waals surface area (Å²) in [6, 6.07) is 7.55. The molecular formula is C17H12N2O6. The van der Waals surface area contributed by atoms with Crippen LogP contribution in [-0.4, -0.2) is 45.9 Å². The maximum atomic E-state index is 12.4. The van der Waals surface area contributed by atoms with Crippen molar-refractivity contribution in [1.82, 2.24) is 4.90 Å². The van der Waals surface area contributed by atoms with Gasteiger partial charge in [0, 0.05) is 12.6 Å². The number of imide groups is 1. The highest BCUT2D eigenvalue weighted by atomic mass is 16.4. The Bertz CT molecular complexity index is 950. The van der Waals surface area contributed by atoms with Crippen LogP contribution < -0.4 is 5.32 Å². The molecule has 0 fully saturated rings. The number of carboxylic acids is 1. The van der Waals surface area contributed by atoms with Crippen molar-refractivity contribution in [2.24, 2.45) is 0 Å². The van der Waals surface area contributed by atoms with Gasteiger partial charge in [0.25, 0.3) is 17.7 Å². The summed E-state index contributed by atoms with van der Waals surface area (Å²) in [4.78, 5) is 48.4. The van der Waals surface area contributed by atoms with E-state index >= 15 is 0 Å². The number of nitrogens with one attached hydrogen (secondary N) is 1. The van der Waals surface area contributed by atoms with E-state index < -0.39 is 23.7 Å². The molecule has 2 aromatic carbocycles. The smallest absolute Gasteiger partial charge is 0.337 e. The number of hydrogen-bond acceptors (Lipinski definition) is 5. The Hall–Kier alpha value is -3.68. The lowest BCUT2D eigenvalue weighted by Gasteiger charge is -2.09. The number of carbonyl (C=O) groups excluding carboxylic acids is 3. The van der Waals surface area contributed by atoms with E-state index in [9.17, 15) is 24.3 Å². The molecule has 0 saturated heterocycles. The first-order valence-electron chi connectivity index (χ1n) is 7.13. The number of hydrogen-bond donors (Lipinski definition) is 3. The Morgan fingerprint density at radius 2 is 1.68 bits per heavy atom. The van der Waals surface area contributed by atoms with Gasteiger partial charge in [0.15, 0.2) is 0 Å². The summed E-state index contributed by atoms with van der Waals surface area (Å²) in [5, 5.41) is 20.9. The molecule has 8 heteroatoms. The van der Waals surface area contributed by atoms with Crippen LogP contribution >= 0.6 is 0 Å². The number of aromatic carboxylic acids is 1.